The summed E-state index contributed by atoms with van der Waals surface area (Å²) < 4.78 is 10.4. The molecule has 26 heavy (non-hydrogen) atoms. The maximum absolute atomic E-state index is 11.5. The molecule has 0 aromatic rings. The van der Waals surface area contributed by atoms with Crippen molar-refractivity contribution in [3.05, 3.63) is 24.4 Å². The third-order valence-electron chi connectivity index (χ3n) is 3.32. The van der Waals surface area contributed by atoms with Crippen LogP contribution in [0.2, 0.25) is 0 Å². The van der Waals surface area contributed by atoms with Gasteiger partial charge in [-0.25, -0.2) is 9.59 Å². The van der Waals surface area contributed by atoms with Crippen LogP contribution in [0.5, 0.6) is 0 Å². The molecule has 1 atom stereocenters. The SMILES string of the molecule is CC(C)(C)OC(=O)N1C=CC=CC1.CC(C)(C)OC(=O)N1CC[C@@H](N)C1. The number of nitrogens with two attached hydrogens (primary N) is 1. The Morgan fingerprint density at radius 2 is 1.58 bits per heavy atom. The summed E-state index contributed by atoms with van der Waals surface area (Å²) in [6, 6.07) is 0.118. The molecule has 2 amide bonds. The first kappa shape index (κ1) is 22.0. The highest BCUT2D eigenvalue weighted by atomic mass is 16.6. The molecule has 2 heterocycles. The summed E-state index contributed by atoms with van der Waals surface area (Å²) in [7, 11) is 0. The molecule has 0 saturated carbocycles. The van der Waals surface area contributed by atoms with Gasteiger partial charge in [0.2, 0.25) is 0 Å². The molecule has 0 spiro atoms. The minimum atomic E-state index is -0.425. The number of carbonyl (C=O) groups is 2. The third kappa shape index (κ3) is 8.89. The van der Waals surface area contributed by atoms with Gasteiger partial charge < -0.3 is 20.1 Å². The van der Waals surface area contributed by atoms with Crippen LogP contribution in [-0.2, 0) is 9.47 Å². The average molecular weight is 367 g/mol. The highest BCUT2D eigenvalue weighted by Crippen LogP contribution is 2.14. The maximum atomic E-state index is 11.5. The predicted molar refractivity (Wildman–Crippen MR) is 102 cm³/mol. The molecule has 7 heteroatoms. The van der Waals surface area contributed by atoms with Gasteiger partial charge in [-0.15, -0.1) is 0 Å². The molecule has 2 rings (SSSR count). The van der Waals surface area contributed by atoms with Crippen LogP contribution in [0.15, 0.2) is 24.4 Å². The van der Waals surface area contributed by atoms with Gasteiger partial charge in [0.1, 0.15) is 11.2 Å². The largest absolute Gasteiger partial charge is 0.444 e. The van der Waals surface area contributed by atoms with Gasteiger partial charge in [0, 0.05) is 31.9 Å². The lowest BCUT2D eigenvalue weighted by molar-refractivity contribution is 0.0291. The first-order valence-corrected chi connectivity index (χ1v) is 8.94. The number of hydrogen-bond donors (Lipinski definition) is 1. The zero-order valence-corrected chi connectivity index (χ0v) is 16.8. The number of ether oxygens (including phenoxy) is 2. The Labute approximate surface area is 156 Å². The molecule has 2 aliphatic rings. The van der Waals surface area contributed by atoms with Gasteiger partial charge in [0.25, 0.3) is 0 Å². The van der Waals surface area contributed by atoms with Crippen molar-refractivity contribution in [3.8, 4) is 0 Å². The standard InChI is InChI=1S/C10H15NO2.C9H18N2O2/c1-10(2,3)13-9(12)11-7-5-4-6-8-11;1-9(2,3)13-8(12)11-5-4-7(10)6-11/h4-7H,8H2,1-3H3;7H,4-6,10H2,1-3H3/t;7-/m.1/s1. The molecule has 0 radical (unpaired) electrons. The lowest BCUT2D eigenvalue weighted by atomic mass is 10.2. The van der Waals surface area contributed by atoms with E-state index in [-0.39, 0.29) is 18.2 Å². The quantitative estimate of drug-likeness (QED) is 0.710. The maximum Gasteiger partial charge on any atom is 0.414 e. The first-order valence-electron chi connectivity index (χ1n) is 8.94. The van der Waals surface area contributed by atoms with Crippen molar-refractivity contribution in [3.63, 3.8) is 0 Å². The molecule has 148 valence electrons. The number of carbonyl (C=O) groups excluding carboxylic acids is 2. The van der Waals surface area contributed by atoms with Crippen molar-refractivity contribution in [1.82, 2.24) is 9.80 Å². The van der Waals surface area contributed by atoms with E-state index in [1.165, 1.54) is 4.90 Å². The summed E-state index contributed by atoms with van der Waals surface area (Å²) in [6.45, 7) is 13.1. The molecule has 7 nitrogen and oxygen atoms in total. The van der Waals surface area contributed by atoms with E-state index in [0.717, 1.165) is 13.0 Å². The molecule has 0 aromatic carbocycles. The Morgan fingerprint density at radius 1 is 1.00 bits per heavy atom. The number of hydrogen-bond acceptors (Lipinski definition) is 5. The van der Waals surface area contributed by atoms with Gasteiger partial charge in [0.15, 0.2) is 0 Å². The molecule has 2 aliphatic heterocycles. The summed E-state index contributed by atoms with van der Waals surface area (Å²) in [6.07, 6.45) is 7.67. The van der Waals surface area contributed by atoms with Gasteiger partial charge in [-0.1, -0.05) is 12.2 Å². The van der Waals surface area contributed by atoms with E-state index in [9.17, 15) is 9.59 Å². The first-order chi connectivity index (χ1) is 11.9. The molecule has 2 N–H and O–H groups in total. The van der Waals surface area contributed by atoms with Crippen LogP contribution < -0.4 is 5.73 Å². The van der Waals surface area contributed by atoms with E-state index in [0.29, 0.717) is 13.1 Å². The molecule has 0 aromatic heterocycles. The fourth-order valence-corrected chi connectivity index (χ4v) is 2.20. The predicted octanol–water partition coefficient (Wildman–Crippen LogP) is 3.26. The second kappa shape index (κ2) is 9.07. The van der Waals surface area contributed by atoms with Crippen LogP contribution >= 0.6 is 0 Å². The van der Waals surface area contributed by atoms with Crippen LogP contribution in [0.4, 0.5) is 9.59 Å². The van der Waals surface area contributed by atoms with Crippen LogP contribution in [0.3, 0.4) is 0 Å². The lowest BCUT2D eigenvalue weighted by Crippen LogP contribution is -2.36. The number of rotatable bonds is 0. The van der Waals surface area contributed by atoms with Crippen molar-refractivity contribution >= 4 is 12.2 Å². The minimum absolute atomic E-state index is 0.118. The van der Waals surface area contributed by atoms with Crippen LogP contribution in [-0.4, -0.2) is 58.9 Å². The van der Waals surface area contributed by atoms with E-state index in [4.69, 9.17) is 15.2 Å². The molecule has 0 aliphatic carbocycles. The van der Waals surface area contributed by atoms with E-state index < -0.39 is 11.2 Å². The molecule has 0 bridgehead atoms. The van der Waals surface area contributed by atoms with E-state index >= 15 is 0 Å². The van der Waals surface area contributed by atoms with E-state index in [2.05, 4.69) is 0 Å². The Hall–Kier alpha value is -2.02. The molecular weight excluding hydrogens is 334 g/mol. The number of nitrogens with zero attached hydrogens (tertiary/aromatic N) is 2. The van der Waals surface area contributed by atoms with Gasteiger partial charge >= 0.3 is 12.2 Å². The number of amides is 2. The normalized spacial score (nSPS) is 19.7. The second-order valence-electron chi connectivity index (χ2n) is 8.38. The smallest absolute Gasteiger partial charge is 0.414 e. The Balaban J connectivity index is 0.000000260. The summed E-state index contributed by atoms with van der Waals surface area (Å²) in [5, 5.41) is 0. The van der Waals surface area contributed by atoms with Crippen LogP contribution in [0, 0.1) is 0 Å². The fraction of sp³-hybridized carbons (Fsp3) is 0.684. The summed E-state index contributed by atoms with van der Waals surface area (Å²) >= 11 is 0. The highest BCUT2D eigenvalue weighted by Gasteiger charge is 2.27. The van der Waals surface area contributed by atoms with Crippen LogP contribution in [0.1, 0.15) is 48.0 Å². The molecule has 1 fully saturated rings. The lowest BCUT2D eigenvalue weighted by Gasteiger charge is -2.25. The number of likely N-dealkylation sites (tertiary alicyclic amines) is 1. The topological polar surface area (TPSA) is 85.1 Å². The van der Waals surface area contributed by atoms with E-state index in [1.807, 2.05) is 59.8 Å². The van der Waals surface area contributed by atoms with Gasteiger partial charge in [-0.2, -0.15) is 0 Å². The Morgan fingerprint density at radius 3 is 2.00 bits per heavy atom. The average Bonchev–Trinajstić information content (AvgIpc) is 2.92. The number of allylic oxidation sites excluding steroid dienone is 2. The third-order valence-corrected chi connectivity index (χ3v) is 3.32. The summed E-state index contributed by atoms with van der Waals surface area (Å²) in [5.41, 5.74) is 4.84. The van der Waals surface area contributed by atoms with Gasteiger partial charge in [0.05, 0.1) is 0 Å². The fourth-order valence-electron chi connectivity index (χ4n) is 2.20. The molecule has 0 unspecified atom stereocenters. The van der Waals surface area contributed by atoms with Crippen molar-refractivity contribution < 1.29 is 19.1 Å². The highest BCUT2D eigenvalue weighted by molar-refractivity contribution is 5.70. The zero-order chi connectivity index (χ0) is 20.0. The van der Waals surface area contributed by atoms with Gasteiger partial charge in [-0.05, 0) is 54.0 Å². The monoisotopic (exact) mass is 367 g/mol. The Kier molecular flexibility index (Phi) is 7.68. The molecular formula is C19H33N3O4. The van der Waals surface area contributed by atoms with Crippen molar-refractivity contribution in [1.29, 1.82) is 0 Å². The van der Waals surface area contributed by atoms with Gasteiger partial charge in [-0.3, -0.25) is 4.90 Å². The zero-order valence-electron chi connectivity index (χ0n) is 16.8. The second-order valence-corrected chi connectivity index (χ2v) is 8.38. The van der Waals surface area contributed by atoms with Crippen molar-refractivity contribution in [2.45, 2.75) is 65.2 Å². The summed E-state index contributed by atoms with van der Waals surface area (Å²) in [5.74, 6) is 0. The molecule has 1 saturated heterocycles. The Bertz CT molecular complexity index is 544. The van der Waals surface area contributed by atoms with Crippen molar-refractivity contribution in [2.75, 3.05) is 19.6 Å². The van der Waals surface area contributed by atoms with E-state index in [1.54, 1.807) is 11.1 Å². The minimum Gasteiger partial charge on any atom is -0.444 e. The van der Waals surface area contributed by atoms with Crippen molar-refractivity contribution in [2.24, 2.45) is 5.73 Å². The van der Waals surface area contributed by atoms with Crippen LogP contribution in [0.25, 0.3) is 0 Å². The summed E-state index contributed by atoms with van der Waals surface area (Å²) in [4.78, 5) is 26.1.